The van der Waals surface area contributed by atoms with Crippen LogP contribution in [0.25, 0.3) is 32.3 Å². The molecule has 0 aliphatic heterocycles. The normalized spacial score (nSPS) is 14.1. The summed E-state index contributed by atoms with van der Waals surface area (Å²) in [7, 11) is 0. The van der Waals surface area contributed by atoms with E-state index in [2.05, 4.69) is 0 Å². The van der Waals surface area contributed by atoms with Gasteiger partial charge < -0.3 is 0 Å². The second-order valence-electron chi connectivity index (χ2n) is 10.3. The van der Waals surface area contributed by atoms with Crippen molar-refractivity contribution in [2.75, 3.05) is 6.66 Å². The summed E-state index contributed by atoms with van der Waals surface area (Å²) in [6.45, 7) is -4.79. The van der Waals surface area contributed by atoms with Gasteiger partial charge in [-0.3, -0.25) is 0 Å². The van der Waals surface area contributed by atoms with Crippen LogP contribution in [0.3, 0.4) is 0 Å². The predicted molar refractivity (Wildman–Crippen MR) is 147 cm³/mol. The maximum absolute atomic E-state index is 15.7. The Morgan fingerprint density at radius 3 is 1.46 bits per heavy atom. The first-order valence-electron chi connectivity index (χ1n) is 12.3. The molecule has 0 bridgehead atoms. The van der Waals surface area contributed by atoms with Crippen LogP contribution in [0.5, 0.6) is 0 Å². The standard InChI is InChI=1S/C31H19F8OP/c1-41(40,26-15-20(30(34,35)36)9-12-23(26)32,27-16-21(31(37,38)39)10-13-24(27)33)25-14-8-19-6-5-17-3-2-4-18-7-11-22(25)29(19)28(17)18/h2-16,40H,1H3. The summed E-state index contributed by atoms with van der Waals surface area (Å²) in [4.78, 5) is 12.9. The Hall–Kier alpha value is -3.81. The monoisotopic (exact) mass is 590 g/mol. The molecule has 0 fully saturated rings. The number of hydrogen-bond acceptors (Lipinski definition) is 1. The van der Waals surface area contributed by atoms with Gasteiger partial charge in [-0.2, -0.15) is 0 Å². The number of halogens is 8. The van der Waals surface area contributed by atoms with Crippen molar-refractivity contribution in [1.29, 1.82) is 0 Å². The van der Waals surface area contributed by atoms with Gasteiger partial charge in [-0.05, 0) is 0 Å². The second kappa shape index (κ2) is 8.60. The van der Waals surface area contributed by atoms with Gasteiger partial charge in [-0.15, -0.1) is 0 Å². The van der Waals surface area contributed by atoms with Crippen molar-refractivity contribution in [2.45, 2.75) is 12.4 Å². The van der Waals surface area contributed by atoms with Gasteiger partial charge in [-0.25, -0.2) is 0 Å². The van der Waals surface area contributed by atoms with Crippen molar-refractivity contribution in [1.82, 2.24) is 0 Å². The van der Waals surface area contributed by atoms with E-state index >= 15 is 8.78 Å². The summed E-state index contributed by atoms with van der Waals surface area (Å²) in [5, 5.41) is 1.77. The molecular weight excluding hydrogens is 571 g/mol. The minimum absolute atomic E-state index is 0.168. The zero-order valence-electron chi connectivity index (χ0n) is 21.1. The summed E-state index contributed by atoms with van der Waals surface area (Å²) in [6, 6.07) is 17.9. The van der Waals surface area contributed by atoms with E-state index in [1.807, 2.05) is 24.3 Å². The topological polar surface area (TPSA) is 20.2 Å². The zero-order chi connectivity index (χ0) is 29.6. The molecule has 0 atom stereocenters. The first-order chi connectivity index (χ1) is 19.1. The maximum atomic E-state index is 15.7. The summed E-state index contributed by atoms with van der Waals surface area (Å²) >= 11 is 0. The van der Waals surface area contributed by atoms with Crippen molar-refractivity contribution in [3.63, 3.8) is 0 Å². The van der Waals surface area contributed by atoms with Gasteiger partial charge in [0.15, 0.2) is 0 Å². The molecule has 0 aromatic heterocycles. The molecule has 0 aliphatic rings. The van der Waals surface area contributed by atoms with Crippen molar-refractivity contribution >= 4 is 55.1 Å². The molecule has 6 rings (SSSR count). The molecule has 0 aliphatic carbocycles. The molecule has 6 aromatic rings. The van der Waals surface area contributed by atoms with Crippen molar-refractivity contribution in [3.05, 3.63) is 114 Å². The number of benzene rings is 6. The molecule has 0 amide bonds. The Morgan fingerprint density at radius 1 is 0.537 bits per heavy atom. The van der Waals surface area contributed by atoms with Crippen molar-refractivity contribution in [3.8, 4) is 0 Å². The van der Waals surface area contributed by atoms with Gasteiger partial charge in [0, 0.05) is 0 Å². The van der Waals surface area contributed by atoms with Crippen molar-refractivity contribution < 1.29 is 40.0 Å². The molecular formula is C31H19F8OP. The third-order valence-corrected chi connectivity index (χ3v) is 12.4. The van der Waals surface area contributed by atoms with Crippen LogP contribution in [0, 0.1) is 11.6 Å². The molecule has 0 spiro atoms. The fourth-order valence-electron chi connectivity index (χ4n) is 5.80. The second-order valence-corrected chi connectivity index (χ2v) is 14.7. The molecule has 210 valence electrons. The van der Waals surface area contributed by atoms with Crippen LogP contribution >= 0.6 is 6.83 Å². The van der Waals surface area contributed by atoms with Crippen LogP contribution in [0.4, 0.5) is 35.1 Å². The van der Waals surface area contributed by atoms with E-state index in [0.29, 0.717) is 47.2 Å². The molecule has 1 N–H and O–H groups in total. The van der Waals surface area contributed by atoms with Crippen LogP contribution in [0.15, 0.2) is 91.0 Å². The third-order valence-electron chi connectivity index (χ3n) is 7.82. The average molecular weight is 590 g/mol. The number of rotatable bonds is 3. The van der Waals surface area contributed by atoms with Crippen LogP contribution in [0.2, 0.25) is 0 Å². The van der Waals surface area contributed by atoms with E-state index in [1.54, 1.807) is 24.3 Å². The molecule has 1 nitrogen and oxygen atoms in total. The van der Waals surface area contributed by atoms with Gasteiger partial charge in [0.25, 0.3) is 0 Å². The van der Waals surface area contributed by atoms with E-state index in [-0.39, 0.29) is 10.7 Å². The SMILES string of the molecule is CP(O)(c1cc(C(F)(F)F)ccc1F)(c1cc(C(F)(F)F)ccc1F)c1ccc2ccc3cccc4ccc1c2c34. The van der Waals surface area contributed by atoms with Crippen LogP contribution < -0.4 is 15.9 Å². The van der Waals surface area contributed by atoms with Gasteiger partial charge in [0.2, 0.25) is 0 Å². The molecule has 6 aromatic carbocycles. The molecule has 41 heavy (non-hydrogen) atoms. The van der Waals surface area contributed by atoms with Gasteiger partial charge >= 0.3 is 228 Å². The summed E-state index contributed by atoms with van der Waals surface area (Å²) in [5.41, 5.74) is -2.69. The molecule has 0 unspecified atom stereocenters. The van der Waals surface area contributed by atoms with Crippen LogP contribution in [-0.4, -0.2) is 11.6 Å². The van der Waals surface area contributed by atoms with Crippen LogP contribution in [0.1, 0.15) is 11.1 Å². The summed E-state index contributed by atoms with van der Waals surface area (Å²) in [6.07, 6.45) is -9.97. The Morgan fingerprint density at radius 2 is 0.976 bits per heavy atom. The number of alkyl halides is 6. The van der Waals surface area contributed by atoms with E-state index in [1.165, 1.54) is 6.07 Å². The first-order valence-corrected chi connectivity index (χ1v) is 14.9. The van der Waals surface area contributed by atoms with Gasteiger partial charge in [0.05, 0.1) is 0 Å². The molecule has 0 heterocycles. The molecule has 0 saturated heterocycles. The van der Waals surface area contributed by atoms with Gasteiger partial charge in [0.1, 0.15) is 0 Å². The Kier molecular flexibility index (Phi) is 5.74. The van der Waals surface area contributed by atoms with E-state index in [4.69, 9.17) is 0 Å². The summed E-state index contributed by atoms with van der Waals surface area (Å²) < 4.78 is 114. The third kappa shape index (κ3) is 3.97. The Bertz CT molecular complexity index is 1910. The Labute approximate surface area is 228 Å². The molecule has 10 heteroatoms. The zero-order valence-corrected chi connectivity index (χ0v) is 22.0. The summed E-state index contributed by atoms with van der Waals surface area (Å²) in [5.74, 6) is -2.63. The minimum atomic E-state index is -5.76. The molecule has 0 radical (unpaired) electrons. The Balaban J connectivity index is 1.84. The average Bonchev–Trinajstić information content (AvgIpc) is 2.90. The van der Waals surface area contributed by atoms with Crippen LogP contribution in [-0.2, 0) is 12.4 Å². The first kappa shape index (κ1) is 27.4. The molecule has 0 saturated carbocycles. The predicted octanol–water partition coefficient (Wildman–Crippen LogP) is 8.27. The van der Waals surface area contributed by atoms with Gasteiger partial charge in [-0.1, -0.05) is 0 Å². The van der Waals surface area contributed by atoms with E-state index in [0.717, 1.165) is 22.8 Å². The fraction of sp³-hybridized carbons (Fsp3) is 0.0968. The quantitative estimate of drug-likeness (QED) is 0.125. The van der Waals surface area contributed by atoms with Crippen molar-refractivity contribution in [2.24, 2.45) is 0 Å². The number of hydrogen-bond donors (Lipinski definition) is 1. The fourth-order valence-corrected chi connectivity index (χ4v) is 9.90. The van der Waals surface area contributed by atoms with E-state index < -0.39 is 52.6 Å². The van der Waals surface area contributed by atoms with E-state index in [9.17, 15) is 31.2 Å².